The number of halogens is 1. The first-order valence-electron chi connectivity index (χ1n) is 5.64. The summed E-state index contributed by atoms with van der Waals surface area (Å²) in [4.78, 5) is 5.18. The van der Waals surface area contributed by atoms with Crippen molar-refractivity contribution in [3.8, 4) is 5.75 Å². The topological polar surface area (TPSA) is 68.3 Å². The lowest BCUT2D eigenvalue weighted by Gasteiger charge is -2.07. The zero-order valence-corrected chi connectivity index (χ0v) is 13.5. The summed E-state index contributed by atoms with van der Waals surface area (Å²) < 4.78 is 31.9. The molecule has 0 aliphatic rings. The first-order chi connectivity index (χ1) is 9.33. The summed E-state index contributed by atoms with van der Waals surface area (Å²) in [6.07, 6.45) is 0. The maximum absolute atomic E-state index is 12.2. The largest absolute Gasteiger partial charge is 0.495 e. The number of nitrogens with zero attached hydrogens (tertiary/aromatic N) is 1. The van der Waals surface area contributed by atoms with Crippen LogP contribution in [0.5, 0.6) is 5.75 Å². The van der Waals surface area contributed by atoms with Crippen LogP contribution in [0.1, 0.15) is 10.6 Å². The van der Waals surface area contributed by atoms with E-state index >= 15 is 0 Å². The highest BCUT2D eigenvalue weighted by molar-refractivity contribution is 7.93. The minimum Gasteiger partial charge on any atom is -0.495 e. The predicted octanol–water partition coefficient (Wildman–Crippen LogP) is 3.22. The molecule has 2 rings (SSSR count). The van der Waals surface area contributed by atoms with E-state index in [0.29, 0.717) is 10.9 Å². The van der Waals surface area contributed by atoms with E-state index in [1.807, 2.05) is 13.8 Å². The van der Waals surface area contributed by atoms with E-state index in [9.17, 15) is 8.42 Å². The van der Waals surface area contributed by atoms with Crippen molar-refractivity contribution in [1.82, 2.24) is 4.98 Å². The molecule has 8 heteroatoms. The van der Waals surface area contributed by atoms with Crippen LogP contribution in [-0.4, -0.2) is 20.5 Å². The van der Waals surface area contributed by atoms with Crippen LogP contribution in [-0.2, 0) is 10.0 Å². The third-order valence-electron chi connectivity index (χ3n) is 2.68. The number of nitrogens with one attached hydrogen (secondary N) is 1. The molecule has 0 spiro atoms. The van der Waals surface area contributed by atoms with Crippen LogP contribution < -0.4 is 9.46 Å². The van der Waals surface area contributed by atoms with Crippen molar-refractivity contribution in [2.24, 2.45) is 0 Å². The highest BCUT2D eigenvalue weighted by atomic mass is 35.5. The lowest BCUT2D eigenvalue weighted by atomic mass is 10.3. The molecule has 1 N–H and O–H groups in total. The highest BCUT2D eigenvalue weighted by Gasteiger charge is 2.18. The Labute approximate surface area is 126 Å². The molecule has 0 atom stereocenters. The lowest BCUT2D eigenvalue weighted by Crippen LogP contribution is -2.12. The average Bonchev–Trinajstić information content (AvgIpc) is 2.67. The van der Waals surface area contributed by atoms with Gasteiger partial charge in [0.05, 0.1) is 22.7 Å². The molecule has 0 aliphatic heterocycles. The van der Waals surface area contributed by atoms with E-state index in [1.54, 1.807) is 0 Å². The van der Waals surface area contributed by atoms with Gasteiger partial charge < -0.3 is 4.74 Å². The quantitative estimate of drug-likeness (QED) is 0.933. The molecule has 0 bridgehead atoms. The Kier molecular flexibility index (Phi) is 4.22. The Bertz CT molecular complexity index is 722. The number of anilines is 1. The zero-order chi connectivity index (χ0) is 14.9. The molecule has 1 aromatic heterocycles. The van der Waals surface area contributed by atoms with E-state index in [2.05, 4.69) is 9.71 Å². The van der Waals surface area contributed by atoms with Crippen LogP contribution in [0.2, 0.25) is 5.02 Å². The van der Waals surface area contributed by atoms with Crippen molar-refractivity contribution in [2.45, 2.75) is 18.7 Å². The summed E-state index contributed by atoms with van der Waals surface area (Å²) in [6, 6.07) is 4.28. The molecule has 2 aromatic rings. The zero-order valence-electron chi connectivity index (χ0n) is 11.1. The smallest absolute Gasteiger partial charge is 0.263 e. The third kappa shape index (κ3) is 3.05. The number of ether oxygens (including phenoxy) is 1. The molecule has 0 unspecified atom stereocenters. The van der Waals surface area contributed by atoms with Crippen molar-refractivity contribution >= 4 is 38.1 Å². The van der Waals surface area contributed by atoms with Gasteiger partial charge >= 0.3 is 0 Å². The molecule has 0 radical (unpaired) electrons. The molecule has 108 valence electrons. The number of thiazole rings is 1. The number of benzene rings is 1. The van der Waals surface area contributed by atoms with Gasteiger partial charge in [-0.2, -0.15) is 0 Å². The molecule has 0 amide bonds. The average molecular weight is 333 g/mol. The van der Waals surface area contributed by atoms with Gasteiger partial charge in [0.1, 0.15) is 5.75 Å². The Balaban J connectivity index is 2.33. The first-order valence-corrected chi connectivity index (χ1v) is 8.31. The summed E-state index contributed by atoms with van der Waals surface area (Å²) in [7, 11) is -2.24. The van der Waals surface area contributed by atoms with Crippen molar-refractivity contribution in [2.75, 3.05) is 11.8 Å². The van der Waals surface area contributed by atoms with Crippen molar-refractivity contribution in [1.29, 1.82) is 0 Å². The second-order valence-corrected chi connectivity index (χ2v) is 7.36. The molecule has 0 saturated carbocycles. The fraction of sp³-hybridized carbons (Fsp3) is 0.250. The predicted molar refractivity (Wildman–Crippen MR) is 80.4 cm³/mol. The first kappa shape index (κ1) is 15.1. The number of sulfonamides is 1. The standard InChI is InChI=1S/C12H13ClN2O3S2/c1-7-8(2)19-12(14-7)15-20(16,17)9-4-5-11(18-3)10(13)6-9/h4-6H,1-3H3,(H,14,15). The fourth-order valence-corrected chi connectivity index (χ4v) is 3.90. The van der Waals surface area contributed by atoms with Gasteiger partial charge in [0.2, 0.25) is 0 Å². The van der Waals surface area contributed by atoms with Crippen LogP contribution in [0, 0.1) is 13.8 Å². The molecule has 20 heavy (non-hydrogen) atoms. The lowest BCUT2D eigenvalue weighted by molar-refractivity contribution is 0.414. The molecule has 0 fully saturated rings. The molecule has 0 aliphatic carbocycles. The number of rotatable bonds is 4. The van der Waals surface area contributed by atoms with Gasteiger partial charge in [-0.05, 0) is 32.0 Å². The Morgan fingerprint density at radius 1 is 1.35 bits per heavy atom. The number of aryl methyl sites for hydroxylation is 2. The van der Waals surface area contributed by atoms with E-state index < -0.39 is 10.0 Å². The maximum atomic E-state index is 12.2. The molecular formula is C12H13ClN2O3S2. The van der Waals surface area contributed by atoms with Gasteiger partial charge in [-0.25, -0.2) is 13.4 Å². The van der Waals surface area contributed by atoms with Gasteiger partial charge in [-0.3, -0.25) is 4.72 Å². The van der Waals surface area contributed by atoms with Crippen LogP contribution in [0.15, 0.2) is 23.1 Å². The van der Waals surface area contributed by atoms with Gasteiger partial charge in [0, 0.05) is 4.88 Å². The molecule has 1 aromatic carbocycles. The summed E-state index contributed by atoms with van der Waals surface area (Å²) in [5.41, 5.74) is 0.806. The molecule has 1 heterocycles. The van der Waals surface area contributed by atoms with Crippen LogP contribution in [0.4, 0.5) is 5.13 Å². The highest BCUT2D eigenvalue weighted by Crippen LogP contribution is 2.29. The summed E-state index contributed by atoms with van der Waals surface area (Å²) >= 11 is 7.23. The van der Waals surface area contributed by atoms with E-state index in [4.69, 9.17) is 16.3 Å². The Hall–Kier alpha value is -1.31. The second kappa shape index (κ2) is 5.59. The SMILES string of the molecule is COc1ccc(S(=O)(=O)Nc2nc(C)c(C)s2)cc1Cl. The second-order valence-electron chi connectivity index (χ2n) is 4.06. The maximum Gasteiger partial charge on any atom is 0.263 e. The minimum atomic E-state index is -3.71. The number of methoxy groups -OCH3 is 1. The third-order valence-corrected chi connectivity index (χ3v) is 5.43. The van der Waals surface area contributed by atoms with Gasteiger partial charge in [0.25, 0.3) is 10.0 Å². The molecule has 0 saturated heterocycles. The summed E-state index contributed by atoms with van der Waals surface area (Å²) in [5.74, 6) is 0.423. The van der Waals surface area contributed by atoms with Crippen molar-refractivity contribution in [3.63, 3.8) is 0 Å². The Morgan fingerprint density at radius 2 is 2.05 bits per heavy atom. The normalized spacial score (nSPS) is 11.4. The van der Waals surface area contributed by atoms with Crippen LogP contribution in [0.25, 0.3) is 0 Å². The number of aromatic nitrogens is 1. The minimum absolute atomic E-state index is 0.0637. The summed E-state index contributed by atoms with van der Waals surface area (Å²) in [6.45, 7) is 3.71. The fourth-order valence-electron chi connectivity index (χ4n) is 1.50. The van der Waals surface area contributed by atoms with Crippen LogP contribution in [0.3, 0.4) is 0 Å². The molecule has 5 nitrogen and oxygen atoms in total. The van der Waals surface area contributed by atoms with E-state index in [-0.39, 0.29) is 9.92 Å². The van der Waals surface area contributed by atoms with Crippen molar-refractivity contribution < 1.29 is 13.2 Å². The molecular weight excluding hydrogens is 320 g/mol. The van der Waals surface area contributed by atoms with E-state index in [1.165, 1.54) is 36.6 Å². The van der Waals surface area contributed by atoms with Gasteiger partial charge in [0.15, 0.2) is 5.13 Å². The van der Waals surface area contributed by atoms with Crippen molar-refractivity contribution in [3.05, 3.63) is 33.8 Å². The van der Waals surface area contributed by atoms with Gasteiger partial charge in [-0.15, -0.1) is 11.3 Å². The number of hydrogen-bond acceptors (Lipinski definition) is 5. The van der Waals surface area contributed by atoms with Crippen LogP contribution >= 0.6 is 22.9 Å². The van der Waals surface area contributed by atoms with Gasteiger partial charge in [-0.1, -0.05) is 11.6 Å². The summed E-state index contributed by atoms with van der Waals surface area (Å²) in [5, 5.41) is 0.578. The Morgan fingerprint density at radius 3 is 2.55 bits per heavy atom. The van der Waals surface area contributed by atoms with E-state index in [0.717, 1.165) is 10.6 Å². The monoisotopic (exact) mass is 332 g/mol. The number of hydrogen-bond donors (Lipinski definition) is 1.